The number of hydrogen-bond acceptors (Lipinski definition) is 2. The molecule has 3 nitrogen and oxygen atoms in total. The Morgan fingerprint density at radius 3 is 2.00 bits per heavy atom. The lowest BCUT2D eigenvalue weighted by Crippen LogP contribution is -2.51. The van der Waals surface area contributed by atoms with Crippen LogP contribution >= 0.6 is 0 Å². The molecule has 0 amide bonds. The van der Waals surface area contributed by atoms with Crippen LogP contribution in [0.1, 0.15) is 58.8 Å². The fraction of sp³-hybridized carbons (Fsp3) is 0.929. The average molecular weight is 239 g/mol. The molecule has 1 saturated carbocycles. The van der Waals surface area contributed by atoms with Gasteiger partial charge in [-0.1, -0.05) is 6.42 Å². The van der Waals surface area contributed by atoms with E-state index in [2.05, 4.69) is 18.7 Å². The second-order valence-corrected chi connectivity index (χ2v) is 5.92. The van der Waals surface area contributed by atoms with Gasteiger partial charge in [-0.2, -0.15) is 0 Å². The zero-order chi connectivity index (χ0) is 12.4. The van der Waals surface area contributed by atoms with Crippen LogP contribution in [0.5, 0.6) is 0 Å². The van der Waals surface area contributed by atoms with Gasteiger partial charge in [-0.25, -0.2) is 0 Å². The lowest BCUT2D eigenvalue weighted by Gasteiger charge is -2.46. The lowest BCUT2D eigenvalue weighted by atomic mass is 9.83. The summed E-state index contributed by atoms with van der Waals surface area (Å²) < 4.78 is 0. The Morgan fingerprint density at radius 1 is 1.00 bits per heavy atom. The van der Waals surface area contributed by atoms with E-state index in [1.54, 1.807) is 0 Å². The highest BCUT2D eigenvalue weighted by Crippen LogP contribution is 2.33. The molecule has 0 bridgehead atoms. The summed E-state index contributed by atoms with van der Waals surface area (Å²) in [6, 6.07) is 2.01. The summed E-state index contributed by atoms with van der Waals surface area (Å²) in [7, 11) is 0. The van der Waals surface area contributed by atoms with Gasteiger partial charge in [-0.15, -0.1) is 0 Å². The van der Waals surface area contributed by atoms with E-state index in [-0.39, 0.29) is 5.92 Å². The second kappa shape index (κ2) is 5.38. The highest BCUT2D eigenvalue weighted by Gasteiger charge is 2.34. The molecule has 3 heteroatoms. The monoisotopic (exact) mass is 239 g/mol. The van der Waals surface area contributed by atoms with Gasteiger partial charge in [0.05, 0.1) is 5.92 Å². The van der Waals surface area contributed by atoms with Crippen molar-refractivity contribution in [2.75, 3.05) is 0 Å². The first kappa shape index (κ1) is 12.9. The van der Waals surface area contributed by atoms with Crippen LogP contribution in [0.3, 0.4) is 0 Å². The van der Waals surface area contributed by atoms with E-state index in [4.69, 9.17) is 5.11 Å². The first-order valence-corrected chi connectivity index (χ1v) is 7.10. The smallest absolute Gasteiger partial charge is 0.306 e. The number of nitrogens with zero attached hydrogens (tertiary/aromatic N) is 1. The third-order valence-electron chi connectivity index (χ3n) is 4.73. The molecule has 0 unspecified atom stereocenters. The standard InChI is InChI=1S/C14H25NO2/c1-10-4-3-5-11(2)15(10)13-8-6-12(7-9-13)14(16)17/h10-13H,3-9H2,1-2H3,(H,16,17)/t10-,11-,12?,13?/m1/s1. The van der Waals surface area contributed by atoms with Crippen molar-refractivity contribution in [2.45, 2.75) is 76.9 Å². The van der Waals surface area contributed by atoms with Crippen molar-refractivity contribution in [2.24, 2.45) is 5.92 Å². The highest BCUT2D eigenvalue weighted by atomic mass is 16.4. The molecule has 98 valence electrons. The molecule has 1 aliphatic heterocycles. The van der Waals surface area contributed by atoms with Crippen molar-refractivity contribution >= 4 is 5.97 Å². The van der Waals surface area contributed by atoms with Crippen molar-refractivity contribution in [3.05, 3.63) is 0 Å². The number of carbonyl (C=O) groups is 1. The molecule has 0 aromatic carbocycles. The van der Waals surface area contributed by atoms with Gasteiger partial charge in [0.15, 0.2) is 0 Å². The number of aliphatic carboxylic acids is 1. The largest absolute Gasteiger partial charge is 0.481 e. The maximum absolute atomic E-state index is 11.0. The zero-order valence-corrected chi connectivity index (χ0v) is 11.1. The molecule has 2 aliphatic rings. The first-order valence-electron chi connectivity index (χ1n) is 7.10. The van der Waals surface area contributed by atoms with Crippen LogP contribution in [0.2, 0.25) is 0 Å². The maximum atomic E-state index is 11.0. The van der Waals surface area contributed by atoms with Crippen LogP contribution in [-0.4, -0.2) is 34.1 Å². The minimum absolute atomic E-state index is 0.0818. The van der Waals surface area contributed by atoms with Crippen molar-refractivity contribution < 1.29 is 9.90 Å². The summed E-state index contributed by atoms with van der Waals surface area (Å²) >= 11 is 0. The van der Waals surface area contributed by atoms with Gasteiger partial charge >= 0.3 is 5.97 Å². The van der Waals surface area contributed by atoms with Crippen LogP contribution in [-0.2, 0) is 4.79 Å². The molecule has 1 heterocycles. The van der Waals surface area contributed by atoms with Crippen LogP contribution in [0.15, 0.2) is 0 Å². The number of piperidine rings is 1. The molecule has 0 aromatic rings. The van der Waals surface area contributed by atoms with E-state index in [0.29, 0.717) is 18.1 Å². The molecule has 1 aliphatic carbocycles. The van der Waals surface area contributed by atoms with Crippen LogP contribution in [0, 0.1) is 5.92 Å². The first-order chi connectivity index (χ1) is 8.09. The summed E-state index contributed by atoms with van der Waals surface area (Å²) in [6.45, 7) is 4.66. The second-order valence-electron chi connectivity index (χ2n) is 5.92. The third kappa shape index (κ3) is 2.82. The van der Waals surface area contributed by atoms with Crippen molar-refractivity contribution in [1.29, 1.82) is 0 Å². The van der Waals surface area contributed by atoms with Crippen LogP contribution in [0.25, 0.3) is 0 Å². The normalized spacial score (nSPS) is 40.1. The van der Waals surface area contributed by atoms with Gasteiger partial charge in [0.2, 0.25) is 0 Å². The number of hydrogen-bond donors (Lipinski definition) is 1. The van der Waals surface area contributed by atoms with E-state index in [9.17, 15) is 4.79 Å². The van der Waals surface area contributed by atoms with Gasteiger partial charge in [-0.05, 0) is 52.4 Å². The van der Waals surface area contributed by atoms with Crippen LogP contribution < -0.4 is 0 Å². The van der Waals surface area contributed by atoms with Gasteiger partial charge in [-0.3, -0.25) is 9.69 Å². The Balaban J connectivity index is 1.92. The van der Waals surface area contributed by atoms with E-state index >= 15 is 0 Å². The predicted octanol–water partition coefficient (Wildman–Crippen LogP) is 2.89. The van der Waals surface area contributed by atoms with E-state index < -0.39 is 5.97 Å². The highest BCUT2D eigenvalue weighted by molar-refractivity contribution is 5.70. The summed E-state index contributed by atoms with van der Waals surface area (Å²) in [5.74, 6) is -0.676. The third-order valence-corrected chi connectivity index (χ3v) is 4.73. The Hall–Kier alpha value is -0.570. The maximum Gasteiger partial charge on any atom is 0.306 e. The summed E-state index contributed by atoms with van der Waals surface area (Å²) in [5, 5.41) is 9.03. The minimum Gasteiger partial charge on any atom is -0.481 e. The quantitative estimate of drug-likeness (QED) is 0.805. The van der Waals surface area contributed by atoms with Crippen molar-refractivity contribution in [3.63, 3.8) is 0 Å². The molecule has 2 atom stereocenters. The van der Waals surface area contributed by atoms with Crippen molar-refractivity contribution in [3.8, 4) is 0 Å². The van der Waals surface area contributed by atoms with Gasteiger partial charge < -0.3 is 5.11 Å². The zero-order valence-electron chi connectivity index (χ0n) is 11.1. The number of rotatable bonds is 2. The fourth-order valence-corrected chi connectivity index (χ4v) is 3.78. The van der Waals surface area contributed by atoms with E-state index in [1.807, 2.05) is 0 Å². The lowest BCUT2D eigenvalue weighted by molar-refractivity contribution is -0.143. The van der Waals surface area contributed by atoms with Gasteiger partial charge in [0.1, 0.15) is 0 Å². The van der Waals surface area contributed by atoms with Gasteiger partial charge in [0, 0.05) is 18.1 Å². The van der Waals surface area contributed by atoms with E-state index in [1.165, 1.54) is 19.3 Å². The molecule has 0 aromatic heterocycles. The van der Waals surface area contributed by atoms with Crippen LogP contribution in [0.4, 0.5) is 0 Å². The summed E-state index contributed by atoms with van der Waals surface area (Å²) in [5.41, 5.74) is 0. The molecular weight excluding hydrogens is 214 g/mol. The summed E-state index contributed by atoms with van der Waals surface area (Å²) in [4.78, 5) is 13.6. The average Bonchev–Trinajstić information content (AvgIpc) is 2.29. The molecule has 17 heavy (non-hydrogen) atoms. The Labute approximate surface area is 104 Å². The molecule has 0 spiro atoms. The number of carboxylic acids is 1. The predicted molar refractivity (Wildman–Crippen MR) is 68.0 cm³/mol. The van der Waals surface area contributed by atoms with E-state index in [0.717, 1.165) is 25.7 Å². The summed E-state index contributed by atoms with van der Waals surface area (Å²) in [6.07, 6.45) is 7.86. The van der Waals surface area contributed by atoms with Gasteiger partial charge in [0.25, 0.3) is 0 Å². The molecule has 1 saturated heterocycles. The van der Waals surface area contributed by atoms with Crippen molar-refractivity contribution in [1.82, 2.24) is 4.90 Å². The Kier molecular flexibility index (Phi) is 4.08. The molecular formula is C14H25NO2. The minimum atomic E-state index is -0.594. The Bertz CT molecular complexity index is 261. The molecule has 0 radical (unpaired) electrons. The number of likely N-dealkylation sites (tertiary alicyclic amines) is 1. The molecule has 1 N–H and O–H groups in total. The molecule has 2 fully saturated rings. The SMILES string of the molecule is C[C@@H]1CCC[C@@H](C)N1C1CCC(C(=O)O)CC1. The number of carboxylic acid groups (broad SMARTS) is 1. The fourth-order valence-electron chi connectivity index (χ4n) is 3.78. The Morgan fingerprint density at radius 2 is 1.53 bits per heavy atom. The molecule has 2 rings (SSSR count). The topological polar surface area (TPSA) is 40.5 Å².